The number of carboxylic acid groups (broad SMARTS) is 1. The normalized spacial score (nSPS) is 15.0. The van der Waals surface area contributed by atoms with Crippen LogP contribution in [0.3, 0.4) is 0 Å². The predicted molar refractivity (Wildman–Crippen MR) is 182 cm³/mol. The van der Waals surface area contributed by atoms with Gasteiger partial charge in [0.25, 0.3) is 0 Å². The van der Waals surface area contributed by atoms with Crippen LogP contribution in [0.4, 0.5) is 0 Å². The molecule has 0 saturated carbocycles. The number of ether oxygens (including phenoxy) is 2. The molecule has 0 aliphatic carbocycles. The van der Waals surface area contributed by atoms with Crippen molar-refractivity contribution in [2.45, 2.75) is 176 Å². The summed E-state index contributed by atoms with van der Waals surface area (Å²) < 4.78 is 11.1. The lowest BCUT2D eigenvalue weighted by molar-refractivity contribution is -0.165. The van der Waals surface area contributed by atoms with E-state index in [2.05, 4.69) is 27.7 Å². The summed E-state index contributed by atoms with van der Waals surface area (Å²) in [6.45, 7) is 11.2. The lowest BCUT2D eigenvalue weighted by Gasteiger charge is -2.36. The molecule has 7 nitrogen and oxygen atoms in total. The van der Waals surface area contributed by atoms with E-state index in [9.17, 15) is 19.5 Å². The second-order valence-corrected chi connectivity index (χ2v) is 13.8. The molecule has 3 unspecified atom stereocenters. The minimum Gasteiger partial charge on any atom is -0.481 e. The lowest BCUT2D eigenvalue weighted by atomic mass is 9.68. The van der Waals surface area contributed by atoms with Gasteiger partial charge in [0.2, 0.25) is 0 Å². The van der Waals surface area contributed by atoms with Crippen LogP contribution in [0.25, 0.3) is 0 Å². The van der Waals surface area contributed by atoms with Crippen LogP contribution in [0.15, 0.2) is 0 Å². The Hall–Kier alpha value is -1.63. The van der Waals surface area contributed by atoms with E-state index in [1.165, 1.54) is 38.5 Å². The first kappa shape index (κ1) is 42.4. The summed E-state index contributed by atoms with van der Waals surface area (Å²) >= 11 is 0. The van der Waals surface area contributed by atoms with Crippen LogP contribution in [0.5, 0.6) is 0 Å². The molecule has 260 valence electrons. The predicted octanol–water partition coefficient (Wildman–Crippen LogP) is 9.60. The standard InChI is InChI=1S/C37H71NO6/c1-8-12-16-18-23-32(21-14-10-3)27-37(36(41)42,28-33(22-15-11-4)24-19-17-13-9-2)29-35(40)43-30-31(5)44-34(39)25-20-26-38(6)7/h31-33H,8-30H2,1-7H3,(H,41,42). The molecule has 0 spiro atoms. The smallest absolute Gasteiger partial charge is 0.310 e. The maximum absolute atomic E-state index is 13.4. The molecule has 3 atom stereocenters. The van der Waals surface area contributed by atoms with Crippen molar-refractivity contribution in [1.29, 1.82) is 0 Å². The minimum absolute atomic E-state index is 0.0550. The van der Waals surface area contributed by atoms with Gasteiger partial charge in [0.05, 0.1) is 11.8 Å². The zero-order valence-corrected chi connectivity index (χ0v) is 29.9. The van der Waals surface area contributed by atoms with Crippen molar-refractivity contribution in [2.75, 3.05) is 27.2 Å². The van der Waals surface area contributed by atoms with Gasteiger partial charge in [-0.2, -0.15) is 0 Å². The Morgan fingerprint density at radius 3 is 1.59 bits per heavy atom. The van der Waals surface area contributed by atoms with Gasteiger partial charge in [-0.05, 0) is 58.7 Å². The molecule has 0 heterocycles. The number of unbranched alkanes of at least 4 members (excludes halogenated alkanes) is 8. The van der Waals surface area contributed by atoms with E-state index in [0.29, 0.717) is 25.7 Å². The fourth-order valence-electron chi connectivity index (χ4n) is 6.38. The van der Waals surface area contributed by atoms with Crippen LogP contribution in [0.2, 0.25) is 0 Å². The molecule has 0 aromatic carbocycles. The number of aliphatic carboxylic acids is 1. The van der Waals surface area contributed by atoms with Gasteiger partial charge in [-0.25, -0.2) is 0 Å². The molecule has 0 amide bonds. The van der Waals surface area contributed by atoms with Crippen LogP contribution in [-0.4, -0.2) is 61.3 Å². The SMILES string of the molecule is CCCCCCC(CCCC)CC(CC(=O)OCC(C)OC(=O)CCCN(C)C)(CC(CCCC)CCCCCC)C(=O)O. The maximum Gasteiger partial charge on any atom is 0.310 e. The topological polar surface area (TPSA) is 93.1 Å². The van der Waals surface area contributed by atoms with Crippen molar-refractivity contribution in [3.05, 3.63) is 0 Å². The maximum atomic E-state index is 13.4. The molecule has 44 heavy (non-hydrogen) atoms. The monoisotopic (exact) mass is 626 g/mol. The molecular formula is C37H71NO6. The Morgan fingerprint density at radius 1 is 0.682 bits per heavy atom. The van der Waals surface area contributed by atoms with Gasteiger partial charge in [-0.3, -0.25) is 14.4 Å². The number of rotatable bonds is 30. The van der Waals surface area contributed by atoms with Gasteiger partial charge in [-0.1, -0.05) is 130 Å². The zero-order chi connectivity index (χ0) is 33.2. The van der Waals surface area contributed by atoms with Crippen LogP contribution < -0.4 is 0 Å². The van der Waals surface area contributed by atoms with Gasteiger partial charge in [-0.15, -0.1) is 0 Å². The number of carbonyl (C=O) groups is 3. The molecule has 0 fully saturated rings. The summed E-state index contributed by atoms with van der Waals surface area (Å²) in [5, 5.41) is 10.9. The van der Waals surface area contributed by atoms with Gasteiger partial charge in [0, 0.05) is 6.42 Å². The van der Waals surface area contributed by atoms with Crippen molar-refractivity contribution >= 4 is 17.9 Å². The molecule has 1 N–H and O–H groups in total. The summed E-state index contributed by atoms with van der Waals surface area (Å²) in [4.78, 5) is 40.9. The van der Waals surface area contributed by atoms with Gasteiger partial charge in [0.1, 0.15) is 12.7 Å². The van der Waals surface area contributed by atoms with Crippen molar-refractivity contribution < 1.29 is 29.0 Å². The van der Waals surface area contributed by atoms with E-state index in [1.807, 2.05) is 19.0 Å². The molecule has 0 bridgehead atoms. The quantitative estimate of drug-likeness (QED) is 0.0627. The number of carbonyl (C=O) groups excluding carboxylic acids is 2. The Labute approximate surface area is 271 Å². The van der Waals surface area contributed by atoms with Crippen LogP contribution in [0.1, 0.15) is 169 Å². The molecule has 0 aromatic heterocycles. The zero-order valence-electron chi connectivity index (χ0n) is 29.9. The van der Waals surface area contributed by atoms with Gasteiger partial charge < -0.3 is 19.5 Å². The second-order valence-electron chi connectivity index (χ2n) is 13.8. The summed E-state index contributed by atoms with van der Waals surface area (Å²) in [5.74, 6) is -1.10. The molecule has 0 aliphatic rings. The van der Waals surface area contributed by atoms with Crippen LogP contribution >= 0.6 is 0 Å². The Kier molecular flexibility index (Phi) is 25.6. The highest BCUT2D eigenvalue weighted by molar-refractivity contribution is 5.82. The fraction of sp³-hybridized carbons (Fsp3) is 0.919. The van der Waals surface area contributed by atoms with Crippen molar-refractivity contribution in [2.24, 2.45) is 17.3 Å². The first-order valence-electron chi connectivity index (χ1n) is 18.3. The summed E-state index contributed by atoms with van der Waals surface area (Å²) in [6.07, 6.45) is 19.0. The van der Waals surface area contributed by atoms with Crippen molar-refractivity contribution in [1.82, 2.24) is 4.90 Å². The third-order valence-electron chi connectivity index (χ3n) is 8.96. The molecule has 7 heteroatoms. The van der Waals surface area contributed by atoms with E-state index >= 15 is 0 Å². The Bertz CT molecular complexity index is 714. The molecular weight excluding hydrogens is 554 g/mol. The number of carboxylic acids is 1. The molecule has 0 saturated heterocycles. The number of esters is 2. The highest BCUT2D eigenvalue weighted by atomic mass is 16.6. The molecule has 0 aromatic rings. The van der Waals surface area contributed by atoms with E-state index in [0.717, 1.165) is 70.8 Å². The minimum atomic E-state index is -1.14. The highest BCUT2D eigenvalue weighted by Crippen LogP contribution is 2.43. The fourth-order valence-corrected chi connectivity index (χ4v) is 6.38. The van der Waals surface area contributed by atoms with Crippen molar-refractivity contribution in [3.8, 4) is 0 Å². The highest BCUT2D eigenvalue weighted by Gasteiger charge is 2.44. The third kappa shape index (κ3) is 21.2. The number of hydrogen-bond acceptors (Lipinski definition) is 6. The lowest BCUT2D eigenvalue weighted by Crippen LogP contribution is -2.39. The van der Waals surface area contributed by atoms with Gasteiger partial charge >= 0.3 is 17.9 Å². The molecule has 0 radical (unpaired) electrons. The first-order chi connectivity index (χ1) is 21.0. The number of hydrogen-bond donors (Lipinski definition) is 1. The average Bonchev–Trinajstić information content (AvgIpc) is 2.97. The second kappa shape index (κ2) is 26.6. The van der Waals surface area contributed by atoms with E-state index in [1.54, 1.807) is 6.92 Å². The van der Waals surface area contributed by atoms with Crippen molar-refractivity contribution in [3.63, 3.8) is 0 Å². The summed E-state index contributed by atoms with van der Waals surface area (Å²) in [5.41, 5.74) is -1.14. The van der Waals surface area contributed by atoms with Gasteiger partial charge in [0.15, 0.2) is 0 Å². The largest absolute Gasteiger partial charge is 0.481 e. The summed E-state index contributed by atoms with van der Waals surface area (Å²) in [7, 11) is 3.92. The van der Waals surface area contributed by atoms with E-state index in [-0.39, 0.29) is 30.8 Å². The van der Waals surface area contributed by atoms with E-state index in [4.69, 9.17) is 9.47 Å². The Morgan fingerprint density at radius 2 is 1.16 bits per heavy atom. The van der Waals surface area contributed by atoms with Crippen LogP contribution in [0, 0.1) is 17.3 Å². The molecule has 0 aliphatic heterocycles. The Balaban J connectivity index is 5.82. The first-order valence-corrected chi connectivity index (χ1v) is 18.3. The molecule has 0 rings (SSSR count). The van der Waals surface area contributed by atoms with E-state index < -0.39 is 23.5 Å². The average molecular weight is 626 g/mol. The third-order valence-corrected chi connectivity index (χ3v) is 8.96. The number of nitrogens with zero attached hydrogens (tertiary/aromatic N) is 1. The summed E-state index contributed by atoms with van der Waals surface area (Å²) in [6, 6.07) is 0. The van der Waals surface area contributed by atoms with Crippen LogP contribution in [-0.2, 0) is 23.9 Å².